The van der Waals surface area contributed by atoms with E-state index in [1.165, 1.54) is 25.7 Å². The van der Waals surface area contributed by atoms with Gasteiger partial charge in [-0.05, 0) is 38.0 Å². The SMILES string of the molecule is C/C(=N\NC(=S)N1CCCCCC1)c1ccnnc1. The number of nitrogens with one attached hydrogen (secondary N) is 1. The summed E-state index contributed by atoms with van der Waals surface area (Å²) in [6, 6.07) is 1.88. The lowest BCUT2D eigenvalue weighted by Crippen LogP contribution is -2.38. The number of hydrazone groups is 1. The zero-order chi connectivity index (χ0) is 13.5. The zero-order valence-corrected chi connectivity index (χ0v) is 12.0. The first-order chi connectivity index (χ1) is 9.27. The molecule has 0 spiro atoms. The van der Waals surface area contributed by atoms with Crippen LogP contribution in [-0.4, -0.2) is 39.0 Å². The van der Waals surface area contributed by atoms with Gasteiger partial charge in [0.15, 0.2) is 5.11 Å². The van der Waals surface area contributed by atoms with Gasteiger partial charge in [0.1, 0.15) is 0 Å². The van der Waals surface area contributed by atoms with E-state index in [-0.39, 0.29) is 0 Å². The van der Waals surface area contributed by atoms with Crippen molar-refractivity contribution in [1.82, 2.24) is 20.5 Å². The van der Waals surface area contributed by atoms with Crippen molar-refractivity contribution < 1.29 is 0 Å². The summed E-state index contributed by atoms with van der Waals surface area (Å²) < 4.78 is 0. The van der Waals surface area contributed by atoms with Crippen LogP contribution in [0.2, 0.25) is 0 Å². The molecule has 0 amide bonds. The first-order valence-electron chi connectivity index (χ1n) is 6.63. The molecule has 1 N–H and O–H groups in total. The van der Waals surface area contributed by atoms with Gasteiger partial charge in [0.25, 0.3) is 0 Å². The molecular weight excluding hydrogens is 258 g/mol. The van der Waals surface area contributed by atoms with Gasteiger partial charge in [-0.3, -0.25) is 5.43 Å². The summed E-state index contributed by atoms with van der Waals surface area (Å²) >= 11 is 5.38. The largest absolute Gasteiger partial charge is 0.348 e. The Balaban J connectivity index is 1.91. The predicted molar refractivity (Wildman–Crippen MR) is 80.0 cm³/mol. The van der Waals surface area contributed by atoms with Crippen LogP contribution in [0.5, 0.6) is 0 Å². The summed E-state index contributed by atoms with van der Waals surface area (Å²) in [5.41, 5.74) is 4.77. The molecule has 1 aromatic rings. The van der Waals surface area contributed by atoms with Crippen molar-refractivity contribution in [2.45, 2.75) is 32.6 Å². The van der Waals surface area contributed by atoms with Crippen molar-refractivity contribution in [1.29, 1.82) is 0 Å². The van der Waals surface area contributed by atoms with Gasteiger partial charge in [0.05, 0.1) is 18.1 Å². The standard InChI is InChI=1S/C13H19N5S/c1-11(12-6-7-14-15-10-12)16-17-13(19)18-8-4-2-3-5-9-18/h6-7,10H,2-5,8-9H2,1H3,(H,17,19)/b16-11+. The van der Waals surface area contributed by atoms with E-state index in [1.807, 2.05) is 13.0 Å². The minimum absolute atomic E-state index is 0.711. The second-order valence-corrected chi connectivity index (χ2v) is 5.03. The topological polar surface area (TPSA) is 53.4 Å². The Morgan fingerprint density at radius 2 is 2.00 bits per heavy atom. The highest BCUT2D eigenvalue weighted by molar-refractivity contribution is 7.80. The maximum Gasteiger partial charge on any atom is 0.189 e. The van der Waals surface area contributed by atoms with E-state index in [2.05, 4.69) is 25.6 Å². The van der Waals surface area contributed by atoms with E-state index in [0.717, 1.165) is 24.4 Å². The Morgan fingerprint density at radius 3 is 2.63 bits per heavy atom. The third kappa shape index (κ3) is 4.24. The van der Waals surface area contributed by atoms with Gasteiger partial charge in [-0.15, -0.1) is 0 Å². The van der Waals surface area contributed by atoms with E-state index < -0.39 is 0 Å². The molecule has 0 atom stereocenters. The fourth-order valence-electron chi connectivity index (χ4n) is 2.05. The molecule has 1 saturated heterocycles. The Bertz CT molecular complexity index is 438. The van der Waals surface area contributed by atoms with Crippen LogP contribution in [0.4, 0.5) is 0 Å². The van der Waals surface area contributed by atoms with Crippen LogP contribution in [0.3, 0.4) is 0 Å². The van der Waals surface area contributed by atoms with E-state index in [4.69, 9.17) is 12.2 Å². The average molecular weight is 277 g/mol. The summed E-state index contributed by atoms with van der Waals surface area (Å²) in [7, 11) is 0. The second kappa shape index (κ2) is 7.13. The summed E-state index contributed by atoms with van der Waals surface area (Å²) in [6.07, 6.45) is 8.35. The van der Waals surface area contributed by atoms with Crippen LogP contribution >= 0.6 is 12.2 Å². The molecule has 0 bridgehead atoms. The molecular formula is C13H19N5S. The second-order valence-electron chi connectivity index (χ2n) is 4.65. The Hall–Kier alpha value is -1.56. The molecule has 102 valence electrons. The van der Waals surface area contributed by atoms with E-state index >= 15 is 0 Å². The van der Waals surface area contributed by atoms with E-state index in [9.17, 15) is 0 Å². The molecule has 6 heteroatoms. The molecule has 1 fully saturated rings. The van der Waals surface area contributed by atoms with E-state index in [1.54, 1.807) is 12.4 Å². The maximum atomic E-state index is 5.38. The van der Waals surface area contributed by atoms with Crippen LogP contribution < -0.4 is 5.43 Å². The molecule has 19 heavy (non-hydrogen) atoms. The number of hydrogen-bond acceptors (Lipinski definition) is 4. The molecule has 0 unspecified atom stereocenters. The summed E-state index contributed by atoms with van der Waals surface area (Å²) in [6.45, 7) is 3.98. The monoisotopic (exact) mass is 277 g/mol. The molecule has 0 radical (unpaired) electrons. The minimum atomic E-state index is 0.711. The molecule has 1 aromatic heterocycles. The van der Waals surface area contributed by atoms with Crippen LogP contribution in [0.25, 0.3) is 0 Å². The van der Waals surface area contributed by atoms with Gasteiger partial charge in [0, 0.05) is 18.7 Å². The summed E-state index contributed by atoms with van der Waals surface area (Å²) in [5, 5.41) is 12.6. The number of aromatic nitrogens is 2. The Morgan fingerprint density at radius 1 is 1.26 bits per heavy atom. The number of hydrogen-bond donors (Lipinski definition) is 1. The van der Waals surface area contributed by atoms with Crippen LogP contribution in [0.1, 0.15) is 38.2 Å². The van der Waals surface area contributed by atoms with Crippen LogP contribution in [0, 0.1) is 0 Å². The first kappa shape index (κ1) is 13.9. The van der Waals surface area contributed by atoms with Crippen LogP contribution in [0.15, 0.2) is 23.6 Å². The lowest BCUT2D eigenvalue weighted by atomic mass is 10.2. The summed E-state index contributed by atoms with van der Waals surface area (Å²) in [4.78, 5) is 2.20. The van der Waals surface area contributed by atoms with Gasteiger partial charge in [-0.25, -0.2) is 0 Å². The van der Waals surface area contributed by atoms with Gasteiger partial charge >= 0.3 is 0 Å². The number of rotatable bonds is 2. The normalized spacial score (nSPS) is 16.9. The van der Waals surface area contributed by atoms with Gasteiger partial charge in [0.2, 0.25) is 0 Å². The minimum Gasteiger partial charge on any atom is -0.348 e. The van der Waals surface area contributed by atoms with Crippen molar-refractivity contribution in [3.63, 3.8) is 0 Å². The lowest BCUT2D eigenvalue weighted by Gasteiger charge is -2.22. The maximum absolute atomic E-state index is 5.38. The van der Waals surface area contributed by atoms with Crippen molar-refractivity contribution in [2.75, 3.05) is 13.1 Å². The highest BCUT2D eigenvalue weighted by Crippen LogP contribution is 2.09. The number of thiocarbonyl (C=S) groups is 1. The Labute approximate surface area is 119 Å². The number of nitrogens with zero attached hydrogens (tertiary/aromatic N) is 4. The van der Waals surface area contributed by atoms with Crippen molar-refractivity contribution in [3.05, 3.63) is 24.0 Å². The van der Waals surface area contributed by atoms with Crippen LogP contribution in [-0.2, 0) is 0 Å². The average Bonchev–Trinajstić information content (AvgIpc) is 2.74. The fraction of sp³-hybridized carbons (Fsp3) is 0.538. The zero-order valence-electron chi connectivity index (χ0n) is 11.2. The van der Waals surface area contributed by atoms with Gasteiger partial charge < -0.3 is 4.90 Å². The molecule has 1 aliphatic heterocycles. The van der Waals surface area contributed by atoms with Gasteiger partial charge in [-0.1, -0.05) is 12.8 Å². The highest BCUT2D eigenvalue weighted by Gasteiger charge is 2.11. The lowest BCUT2D eigenvalue weighted by molar-refractivity contribution is 0.428. The molecule has 2 rings (SSSR count). The smallest absolute Gasteiger partial charge is 0.189 e. The van der Waals surface area contributed by atoms with E-state index in [0.29, 0.717) is 5.11 Å². The highest BCUT2D eigenvalue weighted by atomic mass is 32.1. The van der Waals surface area contributed by atoms with Gasteiger partial charge in [-0.2, -0.15) is 15.3 Å². The third-order valence-electron chi connectivity index (χ3n) is 3.21. The quantitative estimate of drug-likeness (QED) is 0.509. The molecule has 2 heterocycles. The molecule has 1 aliphatic rings. The molecule has 5 nitrogen and oxygen atoms in total. The molecule has 0 saturated carbocycles. The fourth-order valence-corrected chi connectivity index (χ4v) is 2.27. The van der Waals surface area contributed by atoms with Crippen molar-refractivity contribution >= 4 is 23.0 Å². The number of likely N-dealkylation sites (tertiary alicyclic amines) is 1. The van der Waals surface area contributed by atoms with Crippen molar-refractivity contribution in [3.8, 4) is 0 Å². The first-order valence-corrected chi connectivity index (χ1v) is 7.04. The third-order valence-corrected chi connectivity index (χ3v) is 3.56. The van der Waals surface area contributed by atoms with Crippen molar-refractivity contribution in [2.24, 2.45) is 5.10 Å². The molecule has 0 aromatic carbocycles. The molecule has 0 aliphatic carbocycles. The Kier molecular flexibility index (Phi) is 5.20. The summed E-state index contributed by atoms with van der Waals surface area (Å²) in [5.74, 6) is 0. The predicted octanol–water partition coefficient (Wildman–Crippen LogP) is 1.95.